The van der Waals surface area contributed by atoms with Crippen molar-refractivity contribution in [1.29, 1.82) is 0 Å². The molecule has 0 aliphatic rings. The lowest BCUT2D eigenvalue weighted by molar-refractivity contribution is 0.561. The summed E-state index contributed by atoms with van der Waals surface area (Å²) in [4.78, 5) is 2.32. The minimum absolute atomic E-state index is 0.681. The van der Waals surface area contributed by atoms with Gasteiger partial charge in [-0.1, -0.05) is 75.2 Å². The zero-order valence-corrected chi connectivity index (χ0v) is 15.9. The maximum Gasteiger partial charge on any atom is 0.0461 e. The molecule has 0 aliphatic heterocycles. The molecule has 1 heteroatoms. The van der Waals surface area contributed by atoms with E-state index in [0.717, 1.165) is 0 Å². The second-order valence-electron chi connectivity index (χ2n) is 6.87. The van der Waals surface area contributed by atoms with Gasteiger partial charge in [-0.2, -0.15) is 0 Å². The zero-order valence-electron chi connectivity index (χ0n) is 15.9. The summed E-state index contributed by atoms with van der Waals surface area (Å²) < 4.78 is 0. The van der Waals surface area contributed by atoms with Gasteiger partial charge in [0, 0.05) is 17.1 Å². The molecule has 0 radical (unpaired) electrons. The maximum absolute atomic E-state index is 2.32. The molecule has 3 rings (SSSR count). The molecule has 26 heavy (non-hydrogen) atoms. The lowest BCUT2D eigenvalue weighted by Gasteiger charge is -2.26. The van der Waals surface area contributed by atoms with E-state index in [0.29, 0.717) is 5.92 Å². The fraction of sp³-hybridized carbons (Fsp3) is 0.280. The van der Waals surface area contributed by atoms with Crippen molar-refractivity contribution in [3.8, 4) is 0 Å². The highest BCUT2D eigenvalue weighted by molar-refractivity contribution is 5.76. The number of hydrogen-bond donors (Lipinski definition) is 0. The van der Waals surface area contributed by atoms with Gasteiger partial charge in [0.05, 0.1) is 0 Å². The van der Waals surface area contributed by atoms with E-state index in [2.05, 4.69) is 104 Å². The van der Waals surface area contributed by atoms with Crippen LogP contribution in [0.1, 0.15) is 51.0 Å². The molecule has 3 aromatic rings. The van der Waals surface area contributed by atoms with Crippen molar-refractivity contribution < 1.29 is 0 Å². The van der Waals surface area contributed by atoms with E-state index in [9.17, 15) is 0 Å². The summed E-state index contributed by atoms with van der Waals surface area (Å²) >= 11 is 0. The second-order valence-corrected chi connectivity index (χ2v) is 6.87. The van der Waals surface area contributed by atoms with Crippen molar-refractivity contribution in [1.82, 2.24) is 0 Å². The van der Waals surface area contributed by atoms with Crippen LogP contribution in [0.25, 0.3) is 0 Å². The van der Waals surface area contributed by atoms with Crippen LogP contribution < -0.4 is 4.90 Å². The number of para-hydroxylation sites is 2. The smallest absolute Gasteiger partial charge is 0.0461 e. The highest BCUT2D eigenvalue weighted by atomic mass is 15.1. The molecule has 0 bridgehead atoms. The molecule has 0 fully saturated rings. The molecule has 0 aliphatic carbocycles. The van der Waals surface area contributed by atoms with E-state index in [1.807, 2.05) is 0 Å². The SMILES string of the molecule is CCCC(CCC)c1ccc(N(c2ccccc2)c2ccccc2)cc1. The third kappa shape index (κ3) is 4.35. The van der Waals surface area contributed by atoms with Gasteiger partial charge in [0.25, 0.3) is 0 Å². The minimum Gasteiger partial charge on any atom is -0.311 e. The van der Waals surface area contributed by atoms with Crippen molar-refractivity contribution in [3.05, 3.63) is 90.5 Å². The topological polar surface area (TPSA) is 3.24 Å². The number of benzene rings is 3. The maximum atomic E-state index is 2.32. The molecular formula is C25H29N. The zero-order chi connectivity index (χ0) is 18.2. The van der Waals surface area contributed by atoms with Crippen LogP contribution in [-0.2, 0) is 0 Å². The Labute approximate surface area is 158 Å². The van der Waals surface area contributed by atoms with Crippen LogP contribution in [0.5, 0.6) is 0 Å². The van der Waals surface area contributed by atoms with Gasteiger partial charge in [-0.3, -0.25) is 0 Å². The van der Waals surface area contributed by atoms with Gasteiger partial charge in [-0.25, -0.2) is 0 Å². The van der Waals surface area contributed by atoms with Gasteiger partial charge < -0.3 is 4.90 Å². The normalized spacial score (nSPS) is 10.9. The Kier molecular flexibility index (Phi) is 6.49. The molecular weight excluding hydrogens is 314 g/mol. The summed E-state index contributed by atoms with van der Waals surface area (Å²) in [7, 11) is 0. The monoisotopic (exact) mass is 343 g/mol. The van der Waals surface area contributed by atoms with E-state index >= 15 is 0 Å². The molecule has 1 nitrogen and oxygen atoms in total. The van der Waals surface area contributed by atoms with E-state index in [4.69, 9.17) is 0 Å². The van der Waals surface area contributed by atoms with E-state index in [1.165, 1.54) is 48.3 Å². The first-order valence-corrected chi connectivity index (χ1v) is 9.83. The number of rotatable bonds is 8. The Morgan fingerprint density at radius 1 is 0.577 bits per heavy atom. The van der Waals surface area contributed by atoms with Crippen molar-refractivity contribution in [2.75, 3.05) is 4.90 Å². The van der Waals surface area contributed by atoms with Gasteiger partial charge in [0.15, 0.2) is 0 Å². The summed E-state index contributed by atoms with van der Waals surface area (Å²) in [5, 5.41) is 0. The van der Waals surface area contributed by atoms with Gasteiger partial charge >= 0.3 is 0 Å². The molecule has 0 heterocycles. The third-order valence-electron chi connectivity index (χ3n) is 4.93. The fourth-order valence-corrected chi connectivity index (χ4v) is 3.67. The quantitative estimate of drug-likeness (QED) is 0.402. The van der Waals surface area contributed by atoms with Crippen LogP contribution in [-0.4, -0.2) is 0 Å². The van der Waals surface area contributed by atoms with Crippen LogP contribution >= 0.6 is 0 Å². The minimum atomic E-state index is 0.681. The average Bonchev–Trinajstić information content (AvgIpc) is 2.70. The average molecular weight is 344 g/mol. The lowest BCUT2D eigenvalue weighted by Crippen LogP contribution is -2.10. The first-order valence-electron chi connectivity index (χ1n) is 9.83. The van der Waals surface area contributed by atoms with Gasteiger partial charge in [-0.15, -0.1) is 0 Å². The highest BCUT2D eigenvalue weighted by Gasteiger charge is 2.14. The van der Waals surface area contributed by atoms with E-state index in [-0.39, 0.29) is 0 Å². The third-order valence-corrected chi connectivity index (χ3v) is 4.93. The second kappa shape index (κ2) is 9.24. The fourth-order valence-electron chi connectivity index (χ4n) is 3.67. The molecule has 0 unspecified atom stereocenters. The summed E-state index contributed by atoms with van der Waals surface area (Å²) in [6, 6.07) is 30.4. The Morgan fingerprint density at radius 2 is 1.00 bits per heavy atom. The summed E-state index contributed by atoms with van der Waals surface area (Å²) in [6.07, 6.45) is 5.03. The number of hydrogen-bond acceptors (Lipinski definition) is 1. The lowest BCUT2D eigenvalue weighted by atomic mass is 9.90. The van der Waals surface area contributed by atoms with Crippen LogP contribution in [0, 0.1) is 0 Å². The van der Waals surface area contributed by atoms with Crippen molar-refractivity contribution >= 4 is 17.1 Å². The Balaban J connectivity index is 1.95. The molecule has 0 spiro atoms. The van der Waals surface area contributed by atoms with Crippen LogP contribution in [0.2, 0.25) is 0 Å². The van der Waals surface area contributed by atoms with Crippen LogP contribution in [0.4, 0.5) is 17.1 Å². The molecule has 0 atom stereocenters. The predicted molar refractivity (Wildman–Crippen MR) is 114 cm³/mol. The van der Waals surface area contributed by atoms with Crippen molar-refractivity contribution in [3.63, 3.8) is 0 Å². The first kappa shape index (κ1) is 18.3. The Morgan fingerprint density at radius 3 is 1.42 bits per heavy atom. The highest BCUT2D eigenvalue weighted by Crippen LogP contribution is 2.35. The molecule has 0 N–H and O–H groups in total. The van der Waals surface area contributed by atoms with Crippen LogP contribution in [0.3, 0.4) is 0 Å². The molecule has 134 valence electrons. The number of anilines is 3. The molecule has 0 saturated carbocycles. The standard InChI is InChI=1S/C25H29N/c1-3-11-21(12-4-2)22-17-19-25(20-18-22)26(23-13-7-5-8-14-23)24-15-9-6-10-16-24/h5-10,13-21H,3-4,11-12H2,1-2H3. The molecule has 0 aromatic heterocycles. The Bertz CT molecular complexity index is 717. The van der Waals surface area contributed by atoms with Crippen molar-refractivity contribution in [2.45, 2.75) is 45.4 Å². The summed E-state index contributed by atoms with van der Waals surface area (Å²) in [6.45, 7) is 4.56. The summed E-state index contributed by atoms with van der Waals surface area (Å²) in [5.41, 5.74) is 5.05. The van der Waals surface area contributed by atoms with E-state index in [1.54, 1.807) is 0 Å². The predicted octanol–water partition coefficient (Wildman–Crippen LogP) is 7.84. The molecule has 0 amide bonds. The van der Waals surface area contributed by atoms with Gasteiger partial charge in [0.2, 0.25) is 0 Å². The Hall–Kier alpha value is -2.54. The van der Waals surface area contributed by atoms with Crippen LogP contribution in [0.15, 0.2) is 84.9 Å². The largest absolute Gasteiger partial charge is 0.311 e. The molecule has 0 saturated heterocycles. The van der Waals surface area contributed by atoms with Gasteiger partial charge in [0.1, 0.15) is 0 Å². The summed E-state index contributed by atoms with van der Waals surface area (Å²) in [5.74, 6) is 0.681. The van der Waals surface area contributed by atoms with Gasteiger partial charge in [-0.05, 0) is 60.7 Å². The first-order chi connectivity index (χ1) is 12.8. The number of nitrogens with zero attached hydrogens (tertiary/aromatic N) is 1. The van der Waals surface area contributed by atoms with Crippen molar-refractivity contribution in [2.24, 2.45) is 0 Å². The van der Waals surface area contributed by atoms with E-state index < -0.39 is 0 Å². The molecule has 3 aromatic carbocycles.